The van der Waals surface area contributed by atoms with Crippen LogP contribution < -0.4 is 34.5 Å². The van der Waals surface area contributed by atoms with Crippen molar-refractivity contribution in [2.75, 3.05) is 48.1 Å². The molecule has 272 valence electrons. The van der Waals surface area contributed by atoms with E-state index in [1.54, 1.807) is 36.4 Å². The summed E-state index contributed by atoms with van der Waals surface area (Å²) >= 11 is 0. The SMILES string of the molecule is COc1cc(C=CC2=NNC(=O)CC2C)c(OC)c(OC)c1S(C)(=O)=O.COc1cc(S(C)(=O)=O)c(OC)cc1C=CC1=NNC(=O)CC1C. The van der Waals surface area contributed by atoms with Crippen molar-refractivity contribution < 1.29 is 50.1 Å². The highest BCUT2D eigenvalue weighted by atomic mass is 32.2. The standard InChI is InChI=1S/C17H22N2O6S.C16H20N2O5S/c1-10-8-14(20)19-18-12(10)7-6-11-9-13(23-2)17(26(5,21)22)16(25-4)15(11)24-3;1-10-7-16(19)18-17-12(10)6-5-11-8-14(23-3)15(24(4,20)21)9-13(11)22-2/h6-7,9-10H,8H2,1-5H3,(H,19,20);5-6,8-10H,7H2,1-4H3,(H,18,19). The summed E-state index contributed by atoms with van der Waals surface area (Å²) in [6.07, 6.45) is 9.87. The molecule has 2 aliphatic heterocycles. The van der Waals surface area contributed by atoms with Gasteiger partial charge in [0, 0.05) is 54.4 Å². The summed E-state index contributed by atoms with van der Waals surface area (Å²) in [5.74, 6) is 0.842. The molecule has 0 fully saturated rings. The minimum atomic E-state index is -3.61. The van der Waals surface area contributed by atoms with Gasteiger partial charge in [-0.1, -0.05) is 13.8 Å². The van der Waals surface area contributed by atoms with Crippen LogP contribution in [0, 0.1) is 11.8 Å². The van der Waals surface area contributed by atoms with Crippen LogP contribution >= 0.6 is 0 Å². The van der Waals surface area contributed by atoms with E-state index in [0.717, 1.165) is 18.2 Å². The van der Waals surface area contributed by atoms with Crippen molar-refractivity contribution in [3.8, 4) is 28.7 Å². The van der Waals surface area contributed by atoms with Crippen molar-refractivity contribution in [3.63, 3.8) is 0 Å². The van der Waals surface area contributed by atoms with Crippen LogP contribution in [0.5, 0.6) is 28.7 Å². The predicted molar refractivity (Wildman–Crippen MR) is 189 cm³/mol. The molecular weight excluding hydrogens is 693 g/mol. The molecule has 2 atom stereocenters. The lowest BCUT2D eigenvalue weighted by Gasteiger charge is -2.18. The third-order valence-electron chi connectivity index (χ3n) is 7.58. The topological polar surface area (TPSA) is 197 Å². The number of hydrogen-bond acceptors (Lipinski definition) is 13. The smallest absolute Gasteiger partial charge is 0.240 e. The number of methoxy groups -OCH3 is 5. The first-order chi connectivity index (χ1) is 23.5. The van der Waals surface area contributed by atoms with Crippen molar-refractivity contribution in [2.45, 2.75) is 36.5 Å². The number of amides is 2. The molecule has 2 N–H and O–H groups in total. The Labute approximate surface area is 292 Å². The van der Waals surface area contributed by atoms with Gasteiger partial charge in [0.25, 0.3) is 0 Å². The second kappa shape index (κ2) is 16.7. The van der Waals surface area contributed by atoms with Crippen LogP contribution in [0.4, 0.5) is 0 Å². The fourth-order valence-corrected chi connectivity index (χ4v) is 6.89. The van der Waals surface area contributed by atoms with E-state index in [-0.39, 0.29) is 56.4 Å². The Kier molecular flexibility index (Phi) is 13.2. The number of rotatable bonds is 11. The molecule has 0 aromatic heterocycles. The van der Waals surface area contributed by atoms with Crippen LogP contribution in [0.3, 0.4) is 0 Å². The number of hydrazone groups is 2. The summed E-state index contributed by atoms with van der Waals surface area (Å²) in [7, 11) is -0.0150. The summed E-state index contributed by atoms with van der Waals surface area (Å²) in [4.78, 5) is 22.6. The lowest BCUT2D eigenvalue weighted by atomic mass is 9.99. The quantitative estimate of drug-likeness (QED) is 0.344. The van der Waals surface area contributed by atoms with E-state index in [4.69, 9.17) is 23.7 Å². The van der Waals surface area contributed by atoms with Crippen molar-refractivity contribution in [1.82, 2.24) is 10.9 Å². The Balaban J connectivity index is 0.000000271. The van der Waals surface area contributed by atoms with Gasteiger partial charge in [-0.3, -0.25) is 9.59 Å². The van der Waals surface area contributed by atoms with E-state index in [1.165, 1.54) is 41.6 Å². The Hall–Kier alpha value is -4.90. The number of nitrogens with zero attached hydrogens (tertiary/aromatic N) is 2. The summed E-state index contributed by atoms with van der Waals surface area (Å²) in [5.41, 5.74) is 7.50. The number of carbonyl (C=O) groups excluding carboxylic acids is 2. The van der Waals surface area contributed by atoms with Gasteiger partial charge in [-0.2, -0.15) is 10.2 Å². The third kappa shape index (κ3) is 9.62. The maximum absolute atomic E-state index is 12.2. The van der Waals surface area contributed by atoms with E-state index in [1.807, 2.05) is 13.8 Å². The number of nitrogens with one attached hydrogen (secondary N) is 2. The molecule has 2 amide bonds. The number of allylic oxidation sites excluding steroid dienone is 2. The molecule has 2 aliphatic rings. The highest BCUT2D eigenvalue weighted by Crippen LogP contribution is 2.44. The summed E-state index contributed by atoms with van der Waals surface area (Å²) in [6.45, 7) is 3.81. The second-order valence-electron chi connectivity index (χ2n) is 11.4. The largest absolute Gasteiger partial charge is 0.496 e. The lowest BCUT2D eigenvalue weighted by Crippen LogP contribution is -2.30. The first-order valence-electron chi connectivity index (χ1n) is 15.1. The van der Waals surface area contributed by atoms with Crippen molar-refractivity contribution >= 4 is 55.1 Å². The first kappa shape index (κ1) is 39.5. The molecule has 2 unspecified atom stereocenters. The van der Waals surface area contributed by atoms with Gasteiger partial charge in [0.15, 0.2) is 36.1 Å². The first-order valence-corrected chi connectivity index (χ1v) is 18.8. The summed E-state index contributed by atoms with van der Waals surface area (Å²) in [6, 6.07) is 4.58. The molecule has 50 heavy (non-hydrogen) atoms. The van der Waals surface area contributed by atoms with Crippen LogP contribution in [0.1, 0.15) is 37.8 Å². The Morgan fingerprint density at radius 3 is 1.48 bits per heavy atom. The Morgan fingerprint density at radius 1 is 0.620 bits per heavy atom. The Morgan fingerprint density at radius 2 is 1.08 bits per heavy atom. The van der Waals surface area contributed by atoms with Crippen LogP contribution in [-0.2, 0) is 29.3 Å². The molecule has 4 rings (SSSR count). The fraction of sp³-hybridized carbons (Fsp3) is 0.394. The van der Waals surface area contributed by atoms with Crippen molar-refractivity contribution in [3.05, 3.63) is 41.5 Å². The average Bonchev–Trinajstić information content (AvgIpc) is 3.05. The molecule has 0 aliphatic carbocycles. The minimum absolute atomic E-state index is 0.00168. The van der Waals surface area contributed by atoms with E-state index >= 15 is 0 Å². The van der Waals surface area contributed by atoms with Crippen LogP contribution in [0.15, 0.2) is 50.3 Å². The molecule has 2 aromatic rings. The van der Waals surface area contributed by atoms with E-state index in [2.05, 4.69) is 21.1 Å². The number of benzene rings is 2. The maximum atomic E-state index is 12.2. The molecular formula is C33H42N4O11S2. The van der Waals surface area contributed by atoms with Gasteiger partial charge >= 0.3 is 0 Å². The second-order valence-corrected chi connectivity index (χ2v) is 15.3. The number of sulfone groups is 2. The monoisotopic (exact) mass is 734 g/mol. The highest BCUT2D eigenvalue weighted by Gasteiger charge is 2.27. The van der Waals surface area contributed by atoms with Gasteiger partial charge in [0.1, 0.15) is 22.1 Å². The highest BCUT2D eigenvalue weighted by molar-refractivity contribution is 7.91. The number of hydrogen-bond donors (Lipinski definition) is 2. The van der Waals surface area contributed by atoms with E-state index < -0.39 is 19.7 Å². The van der Waals surface area contributed by atoms with Gasteiger partial charge in [0.2, 0.25) is 11.8 Å². The van der Waals surface area contributed by atoms with Gasteiger partial charge in [0.05, 0.1) is 47.0 Å². The molecule has 0 saturated carbocycles. The molecule has 17 heteroatoms. The zero-order valence-corrected chi connectivity index (χ0v) is 30.9. The maximum Gasteiger partial charge on any atom is 0.240 e. The molecule has 15 nitrogen and oxygen atoms in total. The molecule has 0 saturated heterocycles. The summed E-state index contributed by atoms with van der Waals surface area (Å²) < 4.78 is 74.4. The molecule has 0 spiro atoms. The molecule has 0 bridgehead atoms. The van der Waals surface area contributed by atoms with Crippen molar-refractivity contribution in [2.24, 2.45) is 22.0 Å². The van der Waals surface area contributed by atoms with E-state index in [0.29, 0.717) is 35.4 Å². The van der Waals surface area contributed by atoms with Crippen molar-refractivity contribution in [1.29, 1.82) is 0 Å². The normalized spacial score (nSPS) is 17.9. The van der Waals surface area contributed by atoms with Crippen LogP contribution in [0.2, 0.25) is 0 Å². The fourth-order valence-electron chi connectivity index (χ4n) is 5.04. The lowest BCUT2D eigenvalue weighted by molar-refractivity contribution is -0.122. The summed E-state index contributed by atoms with van der Waals surface area (Å²) in [5, 5.41) is 8.06. The minimum Gasteiger partial charge on any atom is -0.496 e. The van der Waals surface area contributed by atoms with Gasteiger partial charge in [-0.25, -0.2) is 27.7 Å². The van der Waals surface area contributed by atoms with Crippen LogP contribution in [0.25, 0.3) is 12.2 Å². The van der Waals surface area contributed by atoms with E-state index in [9.17, 15) is 26.4 Å². The predicted octanol–water partition coefficient (Wildman–Crippen LogP) is 3.27. The zero-order valence-electron chi connectivity index (χ0n) is 29.3. The van der Waals surface area contributed by atoms with Gasteiger partial charge in [-0.15, -0.1) is 0 Å². The zero-order chi connectivity index (χ0) is 37.4. The van der Waals surface area contributed by atoms with Gasteiger partial charge in [-0.05, 0) is 36.4 Å². The molecule has 0 radical (unpaired) electrons. The van der Waals surface area contributed by atoms with Gasteiger partial charge < -0.3 is 23.7 Å². The number of carbonyl (C=O) groups is 2. The Bertz CT molecular complexity index is 1970. The number of ether oxygens (including phenoxy) is 5. The third-order valence-corrected chi connectivity index (χ3v) is 9.83. The molecule has 2 aromatic carbocycles. The average molecular weight is 735 g/mol. The molecule has 2 heterocycles. The van der Waals surface area contributed by atoms with Crippen LogP contribution in [-0.4, -0.2) is 88.1 Å².